The number of hydrogen-bond acceptors (Lipinski definition) is 4. The van der Waals surface area contributed by atoms with E-state index in [0.29, 0.717) is 9.54 Å². The Balaban J connectivity index is 2.74. The molecule has 0 bridgehead atoms. The van der Waals surface area contributed by atoms with E-state index in [2.05, 4.69) is 4.42 Å². The fourth-order valence-corrected chi connectivity index (χ4v) is 2.23. The van der Waals surface area contributed by atoms with E-state index >= 15 is 0 Å². The van der Waals surface area contributed by atoms with Crippen molar-refractivity contribution in [1.29, 1.82) is 0 Å². The molecular weight excluding hydrogens is 230 g/mol. The van der Waals surface area contributed by atoms with Crippen LogP contribution in [-0.4, -0.2) is 18.6 Å². The number of nitrogens with zero attached hydrogens (tertiary/aromatic N) is 1. The summed E-state index contributed by atoms with van der Waals surface area (Å²) in [6, 6.07) is 8.70. The van der Waals surface area contributed by atoms with Crippen molar-refractivity contribution in [2.75, 3.05) is 6.26 Å². The third kappa shape index (κ3) is 1.79. The lowest BCUT2D eigenvalue weighted by Crippen LogP contribution is -2.23. The van der Waals surface area contributed by atoms with Gasteiger partial charge in [-0.2, -0.15) is 3.97 Å². The number of aromatic nitrogens is 1. The van der Waals surface area contributed by atoms with Crippen LogP contribution in [0.25, 0.3) is 11.3 Å². The van der Waals surface area contributed by atoms with Crippen molar-refractivity contribution in [3.63, 3.8) is 0 Å². The number of benzene rings is 1. The summed E-state index contributed by atoms with van der Waals surface area (Å²) in [6.07, 6.45) is 2.09. The average molecular weight is 239 g/mol. The number of rotatable bonds is 2. The normalized spacial score (nSPS) is 11.6. The summed E-state index contributed by atoms with van der Waals surface area (Å²) in [5.74, 6) is -0.902. The van der Waals surface area contributed by atoms with E-state index in [1.807, 2.05) is 0 Å². The summed E-state index contributed by atoms with van der Waals surface area (Å²) in [5.41, 5.74) is 0.840. The molecule has 0 amide bonds. The molecule has 0 spiro atoms. The molecule has 0 unspecified atom stereocenters. The minimum atomic E-state index is -3.66. The molecule has 0 radical (unpaired) electrons. The van der Waals surface area contributed by atoms with Gasteiger partial charge in [0.15, 0.2) is 0 Å². The summed E-state index contributed by atoms with van der Waals surface area (Å²) in [4.78, 5) is 11.3. The molecule has 1 heterocycles. The Morgan fingerprint density at radius 3 is 2.38 bits per heavy atom. The molecule has 2 rings (SSSR count). The highest BCUT2D eigenvalue weighted by molar-refractivity contribution is 7.89. The summed E-state index contributed by atoms with van der Waals surface area (Å²) in [6.45, 7) is 0. The second-order valence-electron chi connectivity index (χ2n) is 3.28. The van der Waals surface area contributed by atoms with Crippen LogP contribution in [0.1, 0.15) is 0 Å². The van der Waals surface area contributed by atoms with Gasteiger partial charge in [0, 0.05) is 5.56 Å². The zero-order valence-corrected chi connectivity index (χ0v) is 9.27. The first kappa shape index (κ1) is 10.7. The van der Waals surface area contributed by atoms with Gasteiger partial charge in [0.1, 0.15) is 12.0 Å². The van der Waals surface area contributed by atoms with E-state index in [4.69, 9.17) is 0 Å². The molecule has 1 aromatic carbocycles. The van der Waals surface area contributed by atoms with E-state index in [9.17, 15) is 13.2 Å². The summed E-state index contributed by atoms with van der Waals surface area (Å²) in [7, 11) is -3.66. The van der Waals surface area contributed by atoms with Crippen LogP contribution < -0.4 is 5.76 Å². The molecule has 5 nitrogen and oxygen atoms in total. The van der Waals surface area contributed by atoms with Gasteiger partial charge in [-0.1, -0.05) is 30.3 Å². The lowest BCUT2D eigenvalue weighted by atomic mass is 10.2. The maximum Gasteiger partial charge on any atom is 0.433 e. The highest BCUT2D eigenvalue weighted by Gasteiger charge is 2.17. The van der Waals surface area contributed by atoms with Crippen LogP contribution in [0.4, 0.5) is 0 Å². The minimum absolute atomic E-state index is 0.230. The quantitative estimate of drug-likeness (QED) is 0.781. The van der Waals surface area contributed by atoms with E-state index in [0.717, 1.165) is 12.5 Å². The summed E-state index contributed by atoms with van der Waals surface area (Å²) >= 11 is 0. The first-order valence-corrected chi connectivity index (χ1v) is 6.31. The first-order valence-electron chi connectivity index (χ1n) is 4.46. The van der Waals surface area contributed by atoms with E-state index in [1.54, 1.807) is 30.3 Å². The molecule has 6 heteroatoms. The maximum absolute atomic E-state index is 11.4. The van der Waals surface area contributed by atoms with E-state index in [-0.39, 0.29) is 5.69 Å². The molecule has 0 N–H and O–H groups in total. The van der Waals surface area contributed by atoms with Crippen molar-refractivity contribution < 1.29 is 12.8 Å². The van der Waals surface area contributed by atoms with Crippen LogP contribution in [-0.2, 0) is 10.0 Å². The molecule has 16 heavy (non-hydrogen) atoms. The van der Waals surface area contributed by atoms with Gasteiger partial charge in [0.2, 0.25) is 10.0 Å². The standard InChI is InChI=1S/C10H9NO4S/c1-16(13,14)11-9(7-15-10(11)12)8-5-3-2-4-6-8/h2-7H,1H3. The smallest absolute Gasteiger partial charge is 0.415 e. The van der Waals surface area contributed by atoms with Gasteiger partial charge in [0.05, 0.1) is 6.26 Å². The Bertz CT molecular complexity index is 652. The Kier molecular flexibility index (Phi) is 2.43. The van der Waals surface area contributed by atoms with Crippen molar-refractivity contribution in [2.24, 2.45) is 0 Å². The van der Waals surface area contributed by atoms with Crippen LogP contribution >= 0.6 is 0 Å². The van der Waals surface area contributed by atoms with Gasteiger partial charge in [-0.05, 0) is 0 Å². The Labute approximate surface area is 92.0 Å². The van der Waals surface area contributed by atoms with Crippen LogP contribution in [0.15, 0.2) is 45.8 Å². The van der Waals surface area contributed by atoms with Crippen LogP contribution in [0.5, 0.6) is 0 Å². The maximum atomic E-state index is 11.4. The minimum Gasteiger partial charge on any atom is -0.415 e. The van der Waals surface area contributed by atoms with Crippen LogP contribution in [0.2, 0.25) is 0 Å². The van der Waals surface area contributed by atoms with E-state index in [1.165, 1.54) is 0 Å². The van der Waals surface area contributed by atoms with Crippen LogP contribution in [0.3, 0.4) is 0 Å². The predicted molar refractivity (Wildman–Crippen MR) is 58.6 cm³/mol. The molecule has 0 fully saturated rings. The molecule has 1 aromatic heterocycles. The number of oxazole rings is 1. The fraction of sp³-hybridized carbons (Fsp3) is 0.100. The highest BCUT2D eigenvalue weighted by atomic mass is 32.2. The second kappa shape index (κ2) is 3.64. The molecule has 0 saturated heterocycles. The van der Waals surface area contributed by atoms with E-state index < -0.39 is 15.8 Å². The third-order valence-corrected chi connectivity index (χ3v) is 3.07. The molecule has 0 atom stereocenters. The van der Waals surface area contributed by atoms with Gasteiger partial charge in [-0.25, -0.2) is 13.2 Å². The van der Waals surface area contributed by atoms with Gasteiger partial charge in [-0.3, -0.25) is 0 Å². The predicted octanol–water partition coefficient (Wildman–Crippen LogP) is 0.916. The Morgan fingerprint density at radius 1 is 1.19 bits per heavy atom. The third-order valence-electron chi connectivity index (χ3n) is 2.06. The average Bonchev–Trinajstić information content (AvgIpc) is 2.61. The zero-order chi connectivity index (χ0) is 11.8. The lowest BCUT2D eigenvalue weighted by Gasteiger charge is -2.02. The largest absolute Gasteiger partial charge is 0.433 e. The number of hydrogen-bond donors (Lipinski definition) is 0. The SMILES string of the molecule is CS(=O)(=O)n1c(-c2ccccc2)coc1=O. The fourth-order valence-electron chi connectivity index (χ4n) is 1.41. The molecule has 84 valence electrons. The summed E-state index contributed by atoms with van der Waals surface area (Å²) < 4.78 is 28.1. The topological polar surface area (TPSA) is 69.3 Å². The Morgan fingerprint density at radius 2 is 1.81 bits per heavy atom. The van der Waals surface area contributed by atoms with Crippen LogP contribution in [0, 0.1) is 0 Å². The first-order chi connectivity index (χ1) is 7.50. The second-order valence-corrected chi connectivity index (χ2v) is 5.11. The molecule has 0 saturated carbocycles. The van der Waals surface area contributed by atoms with Gasteiger partial charge >= 0.3 is 5.76 Å². The lowest BCUT2D eigenvalue weighted by molar-refractivity contribution is 0.504. The van der Waals surface area contributed by atoms with Crippen molar-refractivity contribution in [1.82, 2.24) is 3.97 Å². The molecular formula is C10H9NO4S. The highest BCUT2D eigenvalue weighted by Crippen LogP contribution is 2.18. The van der Waals surface area contributed by atoms with Gasteiger partial charge < -0.3 is 4.42 Å². The van der Waals surface area contributed by atoms with Crippen molar-refractivity contribution in [3.05, 3.63) is 47.1 Å². The monoisotopic (exact) mass is 239 g/mol. The molecule has 2 aromatic rings. The van der Waals surface area contributed by atoms with Crippen molar-refractivity contribution in [3.8, 4) is 11.3 Å². The summed E-state index contributed by atoms with van der Waals surface area (Å²) in [5, 5.41) is 0. The van der Waals surface area contributed by atoms with Gasteiger partial charge in [0.25, 0.3) is 0 Å². The molecule has 0 aliphatic heterocycles. The van der Waals surface area contributed by atoms with Crippen molar-refractivity contribution in [2.45, 2.75) is 0 Å². The zero-order valence-electron chi connectivity index (χ0n) is 8.45. The van der Waals surface area contributed by atoms with Crippen molar-refractivity contribution >= 4 is 10.0 Å². The molecule has 0 aliphatic carbocycles. The Hall–Kier alpha value is -1.82. The van der Waals surface area contributed by atoms with Gasteiger partial charge in [-0.15, -0.1) is 0 Å². The molecule has 0 aliphatic rings.